The molecule has 1 aromatic carbocycles. The lowest BCUT2D eigenvalue weighted by Gasteiger charge is -2.34. The number of hydrogen-bond acceptors (Lipinski definition) is 8. The molecule has 3 heterocycles. The number of amides is 1. The molecule has 1 amide bonds. The third-order valence-electron chi connectivity index (χ3n) is 6.27. The molecule has 3 aromatic rings. The lowest BCUT2D eigenvalue weighted by atomic mass is 10.1. The Bertz CT molecular complexity index is 1340. The van der Waals surface area contributed by atoms with Crippen molar-refractivity contribution in [2.75, 3.05) is 60.0 Å². The molecule has 0 unspecified atom stereocenters. The number of likely N-dealkylation sites (N-methyl/N-ethyl adjacent to an activating group) is 1. The highest BCUT2D eigenvalue weighted by Crippen LogP contribution is 2.39. The maximum atomic E-state index is 13.9. The summed E-state index contributed by atoms with van der Waals surface area (Å²) < 4.78 is 48.8. The predicted molar refractivity (Wildman–Crippen MR) is 143 cm³/mol. The first-order chi connectivity index (χ1) is 17.6. The van der Waals surface area contributed by atoms with Gasteiger partial charge in [0, 0.05) is 59.4 Å². The number of nitrogens with zero attached hydrogens (tertiary/aromatic N) is 8. The second-order valence-electron chi connectivity index (χ2n) is 9.01. The van der Waals surface area contributed by atoms with Gasteiger partial charge in [-0.3, -0.25) is 14.6 Å². The van der Waals surface area contributed by atoms with Crippen LogP contribution in [0.5, 0.6) is 5.75 Å². The zero-order valence-electron chi connectivity index (χ0n) is 21.6. The van der Waals surface area contributed by atoms with Gasteiger partial charge < -0.3 is 9.64 Å². The van der Waals surface area contributed by atoms with E-state index in [4.69, 9.17) is 4.74 Å². The fraction of sp³-hybridized carbons (Fsp3) is 0.458. The van der Waals surface area contributed by atoms with Crippen LogP contribution in [0.4, 0.5) is 13.2 Å². The molecular formula is C24H29Cl2F3N8O2. The number of halogens is 5. The number of fused-ring (bicyclic) bond motifs is 1. The van der Waals surface area contributed by atoms with Crippen LogP contribution in [0.25, 0.3) is 22.3 Å². The normalized spacial score (nSPS) is 14.3. The molecule has 212 valence electrons. The molecule has 2 aromatic heterocycles. The van der Waals surface area contributed by atoms with E-state index in [0.29, 0.717) is 44.8 Å². The summed E-state index contributed by atoms with van der Waals surface area (Å²) in [7, 11) is 5.06. The van der Waals surface area contributed by atoms with Crippen molar-refractivity contribution in [1.82, 2.24) is 34.7 Å². The van der Waals surface area contributed by atoms with Gasteiger partial charge in [0.05, 0.1) is 23.3 Å². The Hall–Kier alpha value is -3.18. The number of nitriles is 1. The van der Waals surface area contributed by atoms with Crippen LogP contribution in [0.3, 0.4) is 0 Å². The van der Waals surface area contributed by atoms with Crippen LogP contribution in [-0.2, 0) is 18.0 Å². The van der Waals surface area contributed by atoms with E-state index in [1.54, 1.807) is 32.1 Å². The highest BCUT2D eigenvalue weighted by atomic mass is 35.5. The first kappa shape index (κ1) is 32.0. The number of alkyl halides is 3. The van der Waals surface area contributed by atoms with Gasteiger partial charge in [0.2, 0.25) is 5.91 Å². The summed E-state index contributed by atoms with van der Waals surface area (Å²) in [5.74, 6) is -0.230. The van der Waals surface area contributed by atoms with Crippen LogP contribution in [0.2, 0.25) is 0 Å². The van der Waals surface area contributed by atoms with Gasteiger partial charge >= 0.3 is 6.18 Å². The molecule has 0 aliphatic carbocycles. The quantitative estimate of drug-likeness (QED) is 0.415. The summed E-state index contributed by atoms with van der Waals surface area (Å²) in [5.41, 5.74) is 0.248. The predicted octanol–water partition coefficient (Wildman–Crippen LogP) is 2.85. The van der Waals surface area contributed by atoms with Crippen LogP contribution < -0.4 is 4.74 Å². The largest absolute Gasteiger partial charge is 0.492 e. The van der Waals surface area contributed by atoms with E-state index in [-0.39, 0.29) is 65.5 Å². The summed E-state index contributed by atoms with van der Waals surface area (Å²) >= 11 is 0. The van der Waals surface area contributed by atoms with Crippen molar-refractivity contribution in [2.24, 2.45) is 7.05 Å². The molecule has 1 fully saturated rings. The highest BCUT2D eigenvalue weighted by molar-refractivity contribution is 5.86. The number of hydrogen-bond donors (Lipinski definition) is 0. The van der Waals surface area contributed by atoms with Crippen molar-refractivity contribution >= 4 is 41.8 Å². The van der Waals surface area contributed by atoms with Gasteiger partial charge in [-0.05, 0) is 24.3 Å². The van der Waals surface area contributed by atoms with Crippen molar-refractivity contribution in [3.05, 3.63) is 35.5 Å². The van der Waals surface area contributed by atoms with E-state index in [1.165, 1.54) is 16.8 Å². The molecule has 1 aliphatic rings. The van der Waals surface area contributed by atoms with Gasteiger partial charge in [0.25, 0.3) is 0 Å². The Kier molecular flexibility index (Phi) is 10.9. The van der Waals surface area contributed by atoms with Crippen molar-refractivity contribution in [3.63, 3.8) is 0 Å². The molecule has 39 heavy (non-hydrogen) atoms. The Balaban J connectivity index is 0.00000267. The maximum absolute atomic E-state index is 13.9. The van der Waals surface area contributed by atoms with E-state index in [9.17, 15) is 23.2 Å². The second-order valence-corrected chi connectivity index (χ2v) is 9.01. The number of carbonyl (C=O) groups excluding carboxylic acids is 1. The Morgan fingerprint density at radius 2 is 1.79 bits per heavy atom. The summed E-state index contributed by atoms with van der Waals surface area (Å²) in [4.78, 5) is 21.8. The molecule has 0 atom stereocenters. The summed E-state index contributed by atoms with van der Waals surface area (Å²) in [6.45, 7) is 3.72. The number of pyridine rings is 1. The van der Waals surface area contributed by atoms with Crippen LogP contribution in [0, 0.1) is 11.3 Å². The van der Waals surface area contributed by atoms with Gasteiger partial charge in [0.1, 0.15) is 23.9 Å². The van der Waals surface area contributed by atoms with E-state index >= 15 is 0 Å². The van der Waals surface area contributed by atoms with Crippen LogP contribution in [0.15, 0.2) is 24.3 Å². The highest BCUT2D eigenvalue weighted by Gasteiger charge is 2.35. The summed E-state index contributed by atoms with van der Waals surface area (Å²) in [6.07, 6.45) is -4.65. The Morgan fingerprint density at radius 3 is 2.41 bits per heavy atom. The molecule has 0 saturated carbocycles. The van der Waals surface area contributed by atoms with Gasteiger partial charge in [0.15, 0.2) is 5.69 Å². The minimum Gasteiger partial charge on any atom is -0.492 e. The topological polar surface area (TPSA) is 103 Å². The van der Waals surface area contributed by atoms with E-state index in [2.05, 4.69) is 25.1 Å². The Morgan fingerprint density at radius 1 is 1.13 bits per heavy atom. The third kappa shape index (κ3) is 7.48. The van der Waals surface area contributed by atoms with Crippen LogP contribution in [0.1, 0.15) is 11.3 Å². The van der Waals surface area contributed by atoms with E-state index in [0.717, 1.165) is 6.07 Å². The minimum absolute atomic E-state index is 0. The summed E-state index contributed by atoms with van der Waals surface area (Å²) in [6, 6.07) is 7.23. The average Bonchev–Trinajstić information content (AvgIpc) is 3.24. The number of benzene rings is 1. The standard InChI is InChI=1S/C24H27F3N8O2.2ClH/c1-32(2)22(36)15-35-8-6-34(7-9-35)10-11-37-21-5-4-16(12-17(21)24(25,26)27)18-13-20-23(19(14-28)29-18)30-31-33(20)3;;/h4-5,12-13H,6-11,15H2,1-3H3;2*1H. The molecule has 10 nitrogen and oxygen atoms in total. The lowest BCUT2D eigenvalue weighted by Crippen LogP contribution is -2.50. The molecule has 0 radical (unpaired) electrons. The first-order valence-corrected chi connectivity index (χ1v) is 11.7. The zero-order valence-corrected chi connectivity index (χ0v) is 23.2. The number of rotatable bonds is 7. The zero-order chi connectivity index (χ0) is 26.7. The second kappa shape index (κ2) is 13.3. The number of aromatic nitrogens is 4. The molecule has 0 N–H and O–H groups in total. The monoisotopic (exact) mass is 588 g/mol. The van der Waals surface area contributed by atoms with Gasteiger partial charge in [-0.25, -0.2) is 9.67 Å². The fourth-order valence-corrected chi connectivity index (χ4v) is 4.08. The number of piperazine rings is 1. The average molecular weight is 589 g/mol. The SMILES string of the molecule is CN(C)C(=O)CN1CCN(CCOc2ccc(-c3cc4c(nnn4C)c(C#N)n3)cc2C(F)(F)F)CC1.Cl.Cl. The molecule has 1 saturated heterocycles. The van der Waals surface area contributed by atoms with Crippen molar-refractivity contribution < 1.29 is 22.7 Å². The van der Waals surface area contributed by atoms with Crippen molar-refractivity contribution in [1.29, 1.82) is 5.26 Å². The van der Waals surface area contributed by atoms with Crippen LogP contribution in [-0.4, -0.2) is 101 Å². The van der Waals surface area contributed by atoms with E-state index in [1.807, 2.05) is 6.07 Å². The van der Waals surface area contributed by atoms with Crippen LogP contribution >= 0.6 is 24.8 Å². The molecule has 1 aliphatic heterocycles. The lowest BCUT2D eigenvalue weighted by molar-refractivity contribution is -0.139. The summed E-state index contributed by atoms with van der Waals surface area (Å²) in [5, 5.41) is 17.2. The first-order valence-electron chi connectivity index (χ1n) is 11.7. The molecule has 0 spiro atoms. The molecule has 4 rings (SSSR count). The smallest absolute Gasteiger partial charge is 0.419 e. The molecule has 0 bridgehead atoms. The number of carbonyl (C=O) groups is 1. The fourth-order valence-electron chi connectivity index (χ4n) is 4.08. The molecule has 15 heteroatoms. The van der Waals surface area contributed by atoms with Gasteiger partial charge in [-0.1, -0.05) is 5.21 Å². The minimum atomic E-state index is -4.65. The Labute approximate surface area is 236 Å². The van der Waals surface area contributed by atoms with E-state index < -0.39 is 11.7 Å². The third-order valence-corrected chi connectivity index (χ3v) is 6.27. The maximum Gasteiger partial charge on any atom is 0.419 e. The van der Waals surface area contributed by atoms with Crippen molar-refractivity contribution in [3.8, 4) is 23.1 Å². The number of aryl methyl sites for hydroxylation is 1. The number of ether oxygens (including phenoxy) is 1. The van der Waals surface area contributed by atoms with Gasteiger partial charge in [-0.2, -0.15) is 18.4 Å². The molecular weight excluding hydrogens is 560 g/mol. The van der Waals surface area contributed by atoms with Gasteiger partial charge in [-0.15, -0.1) is 29.9 Å². The van der Waals surface area contributed by atoms with Crippen molar-refractivity contribution in [2.45, 2.75) is 6.18 Å².